The highest BCUT2D eigenvalue weighted by Crippen LogP contribution is 2.23. The number of ether oxygens (including phenoxy) is 1. The van der Waals surface area contributed by atoms with Gasteiger partial charge >= 0.3 is 5.97 Å². The first-order valence-electron chi connectivity index (χ1n) is 7.40. The van der Waals surface area contributed by atoms with Gasteiger partial charge in [-0.25, -0.2) is 9.78 Å². The van der Waals surface area contributed by atoms with E-state index < -0.39 is 11.9 Å². The lowest BCUT2D eigenvalue weighted by atomic mass is 10.4. The van der Waals surface area contributed by atoms with Crippen LogP contribution in [0.3, 0.4) is 0 Å². The fourth-order valence-electron chi connectivity index (χ4n) is 2.07. The first-order valence-corrected chi connectivity index (χ1v) is 8.62. The number of esters is 1. The molecule has 0 bridgehead atoms. The van der Waals surface area contributed by atoms with Crippen LogP contribution in [0.4, 0.5) is 5.13 Å². The van der Waals surface area contributed by atoms with Crippen LogP contribution in [0.15, 0.2) is 0 Å². The zero-order valence-corrected chi connectivity index (χ0v) is 15.2. The van der Waals surface area contributed by atoms with Crippen LogP contribution in [0.1, 0.15) is 35.1 Å². The molecule has 1 aliphatic heterocycles. The SMILES string of the molecule is CCOC(=O)c1sc(NC(=S)NC(=O)CN2C(=O)CCC2=O)nc1C. The van der Waals surface area contributed by atoms with Gasteiger partial charge in [-0.2, -0.15) is 0 Å². The summed E-state index contributed by atoms with van der Waals surface area (Å²) in [6.07, 6.45) is 0.230. The Bertz CT molecular complexity index is 730. The quantitative estimate of drug-likeness (QED) is 0.430. The smallest absolute Gasteiger partial charge is 0.350 e. The molecule has 0 saturated carbocycles. The minimum Gasteiger partial charge on any atom is -0.462 e. The number of aryl methyl sites for hydroxylation is 1. The molecule has 0 spiro atoms. The Labute approximate surface area is 152 Å². The van der Waals surface area contributed by atoms with Crippen molar-refractivity contribution in [2.75, 3.05) is 18.5 Å². The molecule has 2 heterocycles. The number of hydrogen-bond donors (Lipinski definition) is 2. The van der Waals surface area contributed by atoms with Crippen molar-refractivity contribution in [1.82, 2.24) is 15.2 Å². The molecule has 0 unspecified atom stereocenters. The predicted molar refractivity (Wildman–Crippen MR) is 93.1 cm³/mol. The molecule has 1 aliphatic rings. The first-order chi connectivity index (χ1) is 11.8. The molecule has 1 aromatic rings. The molecule has 25 heavy (non-hydrogen) atoms. The van der Waals surface area contributed by atoms with E-state index in [2.05, 4.69) is 15.6 Å². The van der Waals surface area contributed by atoms with Gasteiger partial charge in [-0.05, 0) is 26.1 Å². The first kappa shape index (κ1) is 18.9. The number of rotatable bonds is 5. The molecule has 0 radical (unpaired) electrons. The topological polar surface area (TPSA) is 118 Å². The molecular weight excluding hydrogens is 368 g/mol. The molecular formula is C14H16N4O5S2. The number of anilines is 1. The Kier molecular flexibility index (Phi) is 6.15. The highest BCUT2D eigenvalue weighted by atomic mass is 32.1. The molecule has 1 aromatic heterocycles. The molecule has 1 fully saturated rings. The monoisotopic (exact) mass is 384 g/mol. The maximum Gasteiger partial charge on any atom is 0.350 e. The van der Waals surface area contributed by atoms with E-state index in [0.717, 1.165) is 16.2 Å². The predicted octanol–water partition coefficient (Wildman–Crippen LogP) is 0.590. The van der Waals surface area contributed by atoms with Gasteiger partial charge < -0.3 is 15.4 Å². The van der Waals surface area contributed by atoms with Crippen LogP contribution in [0, 0.1) is 6.92 Å². The van der Waals surface area contributed by atoms with E-state index in [-0.39, 0.29) is 42.9 Å². The van der Waals surface area contributed by atoms with E-state index in [1.54, 1.807) is 13.8 Å². The summed E-state index contributed by atoms with van der Waals surface area (Å²) in [5.41, 5.74) is 0.480. The normalized spacial score (nSPS) is 13.8. The van der Waals surface area contributed by atoms with E-state index in [1.165, 1.54) is 0 Å². The van der Waals surface area contributed by atoms with Gasteiger partial charge in [0.05, 0.1) is 12.3 Å². The van der Waals surface area contributed by atoms with Gasteiger partial charge in [0, 0.05) is 12.8 Å². The molecule has 1 saturated heterocycles. The van der Waals surface area contributed by atoms with Crippen LogP contribution in [-0.4, -0.2) is 51.8 Å². The largest absolute Gasteiger partial charge is 0.462 e. The summed E-state index contributed by atoms with van der Waals surface area (Å²) in [6, 6.07) is 0. The van der Waals surface area contributed by atoms with Crippen molar-refractivity contribution in [2.45, 2.75) is 26.7 Å². The number of imide groups is 1. The van der Waals surface area contributed by atoms with Crippen LogP contribution in [0.2, 0.25) is 0 Å². The van der Waals surface area contributed by atoms with Gasteiger partial charge in [0.2, 0.25) is 17.7 Å². The average molecular weight is 384 g/mol. The number of thiocarbonyl (C=S) groups is 1. The number of nitrogens with one attached hydrogen (secondary N) is 2. The van der Waals surface area contributed by atoms with Crippen molar-refractivity contribution in [1.29, 1.82) is 0 Å². The van der Waals surface area contributed by atoms with E-state index in [4.69, 9.17) is 17.0 Å². The van der Waals surface area contributed by atoms with Crippen LogP contribution >= 0.6 is 23.6 Å². The lowest BCUT2D eigenvalue weighted by molar-refractivity contribution is -0.142. The summed E-state index contributed by atoms with van der Waals surface area (Å²) in [4.78, 5) is 52.0. The van der Waals surface area contributed by atoms with Crippen molar-refractivity contribution < 1.29 is 23.9 Å². The molecule has 11 heteroatoms. The number of aromatic nitrogens is 1. The lowest BCUT2D eigenvalue weighted by Gasteiger charge is -2.13. The molecule has 134 valence electrons. The molecule has 0 aromatic carbocycles. The van der Waals surface area contributed by atoms with Crippen molar-refractivity contribution >= 4 is 57.5 Å². The number of carbonyl (C=O) groups excluding carboxylic acids is 4. The second-order valence-electron chi connectivity index (χ2n) is 5.03. The van der Waals surface area contributed by atoms with Crippen LogP contribution in [0.5, 0.6) is 0 Å². The van der Waals surface area contributed by atoms with Gasteiger partial charge in [0.1, 0.15) is 11.4 Å². The third-order valence-electron chi connectivity index (χ3n) is 3.19. The maximum absolute atomic E-state index is 11.9. The van der Waals surface area contributed by atoms with Crippen LogP contribution in [-0.2, 0) is 19.1 Å². The number of carbonyl (C=O) groups is 4. The Morgan fingerprint density at radius 1 is 1.32 bits per heavy atom. The number of amides is 3. The van der Waals surface area contributed by atoms with E-state index in [1.807, 2.05) is 0 Å². The Balaban J connectivity index is 1.91. The van der Waals surface area contributed by atoms with Gasteiger partial charge in [0.25, 0.3) is 0 Å². The highest BCUT2D eigenvalue weighted by molar-refractivity contribution is 7.80. The average Bonchev–Trinajstić information content (AvgIpc) is 3.04. The van der Waals surface area contributed by atoms with Gasteiger partial charge in [-0.15, -0.1) is 0 Å². The fourth-order valence-corrected chi connectivity index (χ4v) is 3.21. The van der Waals surface area contributed by atoms with Crippen molar-refractivity contribution in [3.8, 4) is 0 Å². The number of hydrogen-bond acceptors (Lipinski definition) is 8. The zero-order valence-electron chi connectivity index (χ0n) is 13.6. The van der Waals surface area contributed by atoms with Crippen LogP contribution in [0.25, 0.3) is 0 Å². The van der Waals surface area contributed by atoms with E-state index >= 15 is 0 Å². The second kappa shape index (κ2) is 8.12. The number of thiazole rings is 1. The minimum absolute atomic E-state index is 0.0479. The molecule has 0 atom stereocenters. The molecule has 2 N–H and O–H groups in total. The Hall–Kier alpha value is -2.40. The number of nitrogens with zero attached hydrogens (tertiary/aromatic N) is 2. The summed E-state index contributed by atoms with van der Waals surface area (Å²) in [5.74, 6) is -1.84. The van der Waals surface area contributed by atoms with E-state index in [0.29, 0.717) is 15.7 Å². The fraction of sp³-hybridized carbons (Fsp3) is 0.429. The van der Waals surface area contributed by atoms with Gasteiger partial charge in [-0.3, -0.25) is 19.3 Å². The summed E-state index contributed by atoms with van der Waals surface area (Å²) in [7, 11) is 0. The summed E-state index contributed by atoms with van der Waals surface area (Å²) in [6.45, 7) is 3.22. The summed E-state index contributed by atoms with van der Waals surface area (Å²) in [5, 5.41) is 5.33. The number of likely N-dealkylation sites (tertiary alicyclic amines) is 1. The Morgan fingerprint density at radius 3 is 2.56 bits per heavy atom. The molecule has 9 nitrogen and oxygen atoms in total. The van der Waals surface area contributed by atoms with Crippen molar-refractivity contribution in [3.05, 3.63) is 10.6 Å². The lowest BCUT2D eigenvalue weighted by Crippen LogP contribution is -2.43. The van der Waals surface area contributed by atoms with Crippen molar-refractivity contribution in [2.24, 2.45) is 0 Å². The third-order valence-corrected chi connectivity index (χ3v) is 4.44. The molecule has 0 aliphatic carbocycles. The maximum atomic E-state index is 11.9. The highest BCUT2D eigenvalue weighted by Gasteiger charge is 2.30. The van der Waals surface area contributed by atoms with E-state index in [9.17, 15) is 19.2 Å². The second-order valence-corrected chi connectivity index (χ2v) is 6.44. The van der Waals surface area contributed by atoms with Gasteiger partial charge in [-0.1, -0.05) is 11.3 Å². The zero-order chi connectivity index (χ0) is 18.6. The van der Waals surface area contributed by atoms with Crippen LogP contribution < -0.4 is 10.6 Å². The minimum atomic E-state index is -0.597. The molecule has 3 amide bonds. The van der Waals surface area contributed by atoms with Gasteiger partial charge in [0.15, 0.2) is 10.2 Å². The molecule has 2 rings (SSSR count). The third kappa shape index (κ3) is 4.79. The standard InChI is InChI=1S/C14H16N4O5S2/c1-3-23-12(22)11-7(2)15-14(25-11)17-13(24)16-8(19)6-18-9(20)4-5-10(18)21/h3-6H2,1-2H3,(H2,15,16,17,19,24). The Morgan fingerprint density at radius 2 is 1.96 bits per heavy atom. The van der Waals surface area contributed by atoms with Crippen molar-refractivity contribution in [3.63, 3.8) is 0 Å². The summed E-state index contributed by atoms with van der Waals surface area (Å²) < 4.78 is 4.92. The summed E-state index contributed by atoms with van der Waals surface area (Å²) >= 11 is 6.04.